The molecule has 2 aromatic rings. The molecule has 4 atom stereocenters. The number of carboxylic acids is 1. The topological polar surface area (TPSA) is 113 Å². The number of carbonyl (C=O) groups excluding carboxylic acids is 1. The SMILES string of the molecule is COc1ccc2c(c1)C(=O)N([C@H]1CCCCC1NS(C)(=O)=O)[C@@H](c1ccc(Cl)cc1Cl)[C@@H]2C(=O)O. The number of sulfonamides is 1. The maximum atomic E-state index is 14.1. The molecule has 1 heterocycles. The molecular formula is C24H26Cl2N2O6S. The Balaban J connectivity index is 1.95. The van der Waals surface area contributed by atoms with Crippen LogP contribution in [0.3, 0.4) is 0 Å². The number of benzene rings is 2. The summed E-state index contributed by atoms with van der Waals surface area (Å²) in [5.41, 5.74) is 0.989. The highest BCUT2D eigenvalue weighted by Gasteiger charge is 2.49. The van der Waals surface area contributed by atoms with E-state index in [2.05, 4.69) is 4.72 Å². The first-order chi connectivity index (χ1) is 16.5. The lowest BCUT2D eigenvalue weighted by atomic mass is 9.77. The number of aliphatic carboxylic acids is 1. The van der Waals surface area contributed by atoms with Crippen LogP contribution in [-0.2, 0) is 14.8 Å². The number of hydrogen-bond donors (Lipinski definition) is 2. The van der Waals surface area contributed by atoms with Crippen LogP contribution in [0.5, 0.6) is 5.75 Å². The minimum Gasteiger partial charge on any atom is -0.497 e. The maximum absolute atomic E-state index is 14.1. The Hall–Kier alpha value is -2.33. The number of methoxy groups -OCH3 is 1. The molecule has 2 aromatic carbocycles. The van der Waals surface area contributed by atoms with Gasteiger partial charge in [0.05, 0.1) is 19.4 Å². The fourth-order valence-corrected chi connectivity index (χ4v) is 6.61. The number of ether oxygens (including phenoxy) is 1. The summed E-state index contributed by atoms with van der Waals surface area (Å²) < 4.78 is 32.2. The highest BCUT2D eigenvalue weighted by molar-refractivity contribution is 7.88. The van der Waals surface area contributed by atoms with E-state index in [1.807, 2.05) is 0 Å². The number of carbonyl (C=O) groups is 2. The van der Waals surface area contributed by atoms with Crippen molar-refractivity contribution in [1.29, 1.82) is 0 Å². The Morgan fingerprint density at radius 1 is 1.11 bits per heavy atom. The predicted octanol–water partition coefficient (Wildman–Crippen LogP) is 4.23. The molecular weight excluding hydrogens is 515 g/mol. The molecule has 0 bridgehead atoms. The van der Waals surface area contributed by atoms with Gasteiger partial charge < -0.3 is 14.7 Å². The van der Waals surface area contributed by atoms with Crippen molar-refractivity contribution < 1.29 is 27.9 Å². The number of nitrogens with zero attached hydrogens (tertiary/aromatic N) is 1. The highest BCUT2D eigenvalue weighted by Crippen LogP contribution is 2.48. The number of nitrogens with one attached hydrogen (secondary N) is 1. The zero-order valence-corrected chi connectivity index (χ0v) is 21.5. The van der Waals surface area contributed by atoms with Crippen LogP contribution in [0.4, 0.5) is 0 Å². The van der Waals surface area contributed by atoms with Gasteiger partial charge in [0.1, 0.15) is 11.7 Å². The molecule has 0 saturated heterocycles. The van der Waals surface area contributed by atoms with Crippen molar-refractivity contribution in [2.75, 3.05) is 13.4 Å². The summed E-state index contributed by atoms with van der Waals surface area (Å²) in [7, 11) is -2.11. The van der Waals surface area contributed by atoms with Crippen LogP contribution >= 0.6 is 23.2 Å². The molecule has 1 aliphatic carbocycles. The first-order valence-electron chi connectivity index (χ1n) is 11.2. The summed E-state index contributed by atoms with van der Waals surface area (Å²) in [6.45, 7) is 0. The maximum Gasteiger partial charge on any atom is 0.313 e. The third-order valence-electron chi connectivity index (χ3n) is 6.68. The molecule has 11 heteroatoms. The van der Waals surface area contributed by atoms with E-state index in [0.717, 1.165) is 19.1 Å². The third kappa shape index (κ3) is 5.14. The van der Waals surface area contributed by atoms with E-state index in [-0.39, 0.29) is 10.6 Å². The fourth-order valence-electron chi connectivity index (χ4n) is 5.27. The van der Waals surface area contributed by atoms with Gasteiger partial charge in [0.2, 0.25) is 10.0 Å². The number of fused-ring (bicyclic) bond motifs is 1. The molecule has 1 amide bonds. The van der Waals surface area contributed by atoms with Crippen LogP contribution in [0.25, 0.3) is 0 Å². The fraction of sp³-hybridized carbons (Fsp3) is 0.417. The minimum atomic E-state index is -3.58. The molecule has 1 saturated carbocycles. The van der Waals surface area contributed by atoms with Gasteiger partial charge in [-0.3, -0.25) is 9.59 Å². The van der Waals surface area contributed by atoms with E-state index in [4.69, 9.17) is 27.9 Å². The molecule has 0 radical (unpaired) electrons. The summed E-state index contributed by atoms with van der Waals surface area (Å²) in [4.78, 5) is 28.3. The zero-order chi connectivity index (χ0) is 25.5. The van der Waals surface area contributed by atoms with Gasteiger partial charge in [0, 0.05) is 27.7 Å². The van der Waals surface area contributed by atoms with Crippen molar-refractivity contribution in [3.8, 4) is 5.75 Å². The Kier molecular flexibility index (Phi) is 7.33. The molecule has 1 fully saturated rings. The summed E-state index contributed by atoms with van der Waals surface area (Å²) in [5.74, 6) is -2.26. The van der Waals surface area contributed by atoms with Gasteiger partial charge in [-0.2, -0.15) is 0 Å². The van der Waals surface area contributed by atoms with Crippen LogP contribution in [0.15, 0.2) is 36.4 Å². The lowest BCUT2D eigenvalue weighted by Crippen LogP contribution is -2.58. The van der Waals surface area contributed by atoms with Gasteiger partial charge in [-0.15, -0.1) is 0 Å². The Bertz CT molecular complexity index is 1270. The van der Waals surface area contributed by atoms with Gasteiger partial charge in [-0.05, 0) is 48.2 Å². The first-order valence-corrected chi connectivity index (χ1v) is 13.8. The molecule has 188 valence electrons. The van der Waals surface area contributed by atoms with Crippen LogP contribution in [0, 0.1) is 0 Å². The van der Waals surface area contributed by atoms with E-state index in [0.29, 0.717) is 34.7 Å². The van der Waals surface area contributed by atoms with Gasteiger partial charge in [-0.25, -0.2) is 13.1 Å². The van der Waals surface area contributed by atoms with Crippen molar-refractivity contribution >= 4 is 45.1 Å². The van der Waals surface area contributed by atoms with Crippen LogP contribution in [0.2, 0.25) is 10.0 Å². The van der Waals surface area contributed by atoms with Crippen LogP contribution in [-0.4, -0.2) is 55.7 Å². The number of hydrogen-bond acceptors (Lipinski definition) is 5. The van der Waals surface area contributed by atoms with E-state index >= 15 is 0 Å². The Morgan fingerprint density at radius 2 is 1.80 bits per heavy atom. The average Bonchev–Trinajstić information content (AvgIpc) is 2.78. The first kappa shape index (κ1) is 25.8. The monoisotopic (exact) mass is 540 g/mol. The second-order valence-corrected chi connectivity index (χ2v) is 11.6. The lowest BCUT2D eigenvalue weighted by Gasteiger charge is -2.48. The Labute approximate surface area is 214 Å². The lowest BCUT2D eigenvalue weighted by molar-refractivity contribution is -0.141. The summed E-state index contributed by atoms with van der Waals surface area (Å²) >= 11 is 12.7. The molecule has 2 aliphatic rings. The van der Waals surface area contributed by atoms with Gasteiger partial charge >= 0.3 is 5.97 Å². The molecule has 2 N–H and O–H groups in total. The van der Waals surface area contributed by atoms with Crippen molar-refractivity contribution in [3.63, 3.8) is 0 Å². The number of amides is 1. The number of halogens is 2. The zero-order valence-electron chi connectivity index (χ0n) is 19.2. The normalized spacial score (nSPS) is 24.7. The number of rotatable bonds is 6. The smallest absolute Gasteiger partial charge is 0.313 e. The van der Waals surface area contributed by atoms with Crippen molar-refractivity contribution in [1.82, 2.24) is 9.62 Å². The molecule has 0 spiro atoms. The average molecular weight is 541 g/mol. The molecule has 1 aliphatic heterocycles. The largest absolute Gasteiger partial charge is 0.497 e. The summed E-state index contributed by atoms with van der Waals surface area (Å²) in [6, 6.07) is 7.35. The highest BCUT2D eigenvalue weighted by atomic mass is 35.5. The van der Waals surface area contributed by atoms with Crippen molar-refractivity contribution in [2.24, 2.45) is 0 Å². The Morgan fingerprint density at radius 3 is 2.43 bits per heavy atom. The molecule has 8 nitrogen and oxygen atoms in total. The molecule has 4 rings (SSSR count). The van der Waals surface area contributed by atoms with Gasteiger partial charge in [-0.1, -0.05) is 48.2 Å². The second-order valence-electron chi connectivity index (χ2n) is 8.94. The van der Waals surface area contributed by atoms with E-state index in [9.17, 15) is 23.1 Å². The van der Waals surface area contributed by atoms with Gasteiger partial charge in [0.25, 0.3) is 5.91 Å². The van der Waals surface area contributed by atoms with E-state index < -0.39 is 45.9 Å². The second kappa shape index (κ2) is 9.97. The molecule has 35 heavy (non-hydrogen) atoms. The summed E-state index contributed by atoms with van der Waals surface area (Å²) in [6.07, 6.45) is 3.65. The van der Waals surface area contributed by atoms with Crippen LogP contribution < -0.4 is 9.46 Å². The predicted molar refractivity (Wildman–Crippen MR) is 133 cm³/mol. The quantitative estimate of drug-likeness (QED) is 0.566. The molecule has 0 aromatic heterocycles. The molecule has 1 unspecified atom stereocenters. The van der Waals surface area contributed by atoms with Crippen molar-refractivity contribution in [3.05, 3.63) is 63.1 Å². The third-order valence-corrected chi connectivity index (χ3v) is 7.97. The van der Waals surface area contributed by atoms with E-state index in [1.54, 1.807) is 24.3 Å². The minimum absolute atomic E-state index is 0.210. The standard InChI is InChI=1S/C24H26Cl2N2O6S/c1-34-14-8-10-15-17(12-14)23(29)28(20-6-4-3-5-19(20)27-35(2,32)33)22(21(15)24(30)31)16-9-7-13(25)11-18(16)26/h7-12,19-22,27H,3-6H2,1-2H3,(H,30,31)/t19?,20-,21+,22-/m0/s1. The van der Waals surface area contributed by atoms with E-state index in [1.165, 1.54) is 24.1 Å². The van der Waals surface area contributed by atoms with Crippen molar-refractivity contribution in [2.45, 2.75) is 49.7 Å². The van der Waals surface area contributed by atoms with Gasteiger partial charge in [0.15, 0.2) is 0 Å². The van der Waals surface area contributed by atoms with Crippen LogP contribution in [0.1, 0.15) is 59.1 Å². The summed E-state index contributed by atoms with van der Waals surface area (Å²) in [5, 5.41) is 11.0. The number of carboxylic acid groups (broad SMARTS) is 1.